The van der Waals surface area contributed by atoms with Crippen molar-refractivity contribution in [3.63, 3.8) is 0 Å². The van der Waals surface area contributed by atoms with Crippen molar-refractivity contribution in [1.82, 2.24) is 4.31 Å². The van der Waals surface area contributed by atoms with E-state index >= 15 is 0 Å². The highest BCUT2D eigenvalue weighted by molar-refractivity contribution is 7.89. The number of sulfonamides is 1. The molecule has 0 amide bonds. The van der Waals surface area contributed by atoms with Gasteiger partial charge in [0.05, 0.1) is 11.5 Å². The normalized spacial score (nSPS) is 14.4. The Labute approximate surface area is 139 Å². The van der Waals surface area contributed by atoms with Gasteiger partial charge in [0.25, 0.3) is 0 Å². The van der Waals surface area contributed by atoms with E-state index < -0.39 is 16.1 Å². The predicted octanol–water partition coefficient (Wildman–Crippen LogP) is 3.37. The number of likely N-dealkylation sites (N-methyl/N-ethyl adjacent to an activating group) is 1. The Kier molecular flexibility index (Phi) is 6.07. The molecule has 1 unspecified atom stereocenters. The van der Waals surface area contributed by atoms with E-state index in [-0.39, 0.29) is 16.9 Å². The highest BCUT2D eigenvalue weighted by atomic mass is 35.5. The van der Waals surface area contributed by atoms with Crippen LogP contribution in [0.3, 0.4) is 0 Å². The fourth-order valence-corrected chi connectivity index (χ4v) is 4.74. The second-order valence-corrected chi connectivity index (χ2v) is 9.36. The summed E-state index contributed by atoms with van der Waals surface area (Å²) in [4.78, 5) is 0.270. The SMILES string of the molecule is Cc1cc(Cl)cc(C)c1S(=O)(=O)N(C)C(CO)CC(C)(C)C. The zero-order chi connectivity index (χ0) is 17.3. The van der Waals surface area contributed by atoms with Crippen LogP contribution in [0, 0.1) is 19.3 Å². The fraction of sp³-hybridized carbons (Fsp3) is 0.625. The summed E-state index contributed by atoms with van der Waals surface area (Å²) in [5, 5.41) is 10.1. The molecule has 0 aromatic heterocycles. The molecule has 0 spiro atoms. The maximum absolute atomic E-state index is 12.9. The zero-order valence-corrected chi connectivity index (χ0v) is 15.7. The first-order valence-electron chi connectivity index (χ1n) is 7.26. The summed E-state index contributed by atoms with van der Waals surface area (Å²) in [6.07, 6.45) is 0.574. The molecule has 1 aromatic carbocycles. The molecule has 1 N–H and O–H groups in total. The van der Waals surface area contributed by atoms with E-state index in [0.29, 0.717) is 22.6 Å². The third kappa shape index (κ3) is 4.44. The Morgan fingerprint density at radius 2 is 1.68 bits per heavy atom. The van der Waals surface area contributed by atoms with Gasteiger partial charge in [0, 0.05) is 18.1 Å². The van der Waals surface area contributed by atoms with Gasteiger partial charge in [0.2, 0.25) is 10.0 Å². The number of rotatable bonds is 5. The van der Waals surface area contributed by atoms with Crippen LogP contribution in [0.15, 0.2) is 17.0 Å². The van der Waals surface area contributed by atoms with Gasteiger partial charge in [-0.1, -0.05) is 32.4 Å². The van der Waals surface area contributed by atoms with Crippen LogP contribution >= 0.6 is 11.6 Å². The maximum atomic E-state index is 12.9. The lowest BCUT2D eigenvalue weighted by Gasteiger charge is -2.32. The first-order chi connectivity index (χ1) is 9.90. The first kappa shape index (κ1) is 19.4. The molecule has 0 saturated carbocycles. The summed E-state index contributed by atoms with van der Waals surface area (Å²) in [6, 6.07) is 2.83. The molecule has 1 atom stereocenters. The molecular formula is C16H26ClNO3S. The fourth-order valence-electron chi connectivity index (χ4n) is 2.66. The van der Waals surface area contributed by atoms with Gasteiger partial charge in [0.1, 0.15) is 0 Å². The minimum absolute atomic E-state index is 0.0821. The van der Waals surface area contributed by atoms with Crippen LogP contribution in [0.4, 0.5) is 0 Å². The highest BCUT2D eigenvalue weighted by Gasteiger charge is 2.32. The quantitative estimate of drug-likeness (QED) is 0.888. The van der Waals surface area contributed by atoms with Crippen molar-refractivity contribution in [2.75, 3.05) is 13.7 Å². The molecule has 1 rings (SSSR count). The lowest BCUT2D eigenvalue weighted by molar-refractivity contribution is 0.159. The molecule has 0 aliphatic rings. The Balaban J connectivity index is 3.29. The van der Waals surface area contributed by atoms with Gasteiger partial charge in [-0.15, -0.1) is 0 Å². The van der Waals surface area contributed by atoms with Crippen molar-refractivity contribution in [3.8, 4) is 0 Å². The van der Waals surface area contributed by atoms with Gasteiger partial charge in [0.15, 0.2) is 0 Å². The van der Waals surface area contributed by atoms with E-state index in [4.69, 9.17) is 11.6 Å². The zero-order valence-electron chi connectivity index (χ0n) is 14.1. The van der Waals surface area contributed by atoms with Crippen LogP contribution in [0.25, 0.3) is 0 Å². The van der Waals surface area contributed by atoms with Gasteiger partial charge in [-0.3, -0.25) is 0 Å². The molecule has 126 valence electrons. The number of hydrogen-bond donors (Lipinski definition) is 1. The highest BCUT2D eigenvalue weighted by Crippen LogP contribution is 2.30. The molecule has 0 radical (unpaired) electrons. The van der Waals surface area contributed by atoms with Gasteiger partial charge in [-0.05, 0) is 48.9 Å². The summed E-state index contributed by atoms with van der Waals surface area (Å²) in [5.41, 5.74) is 1.15. The molecule has 4 nitrogen and oxygen atoms in total. The maximum Gasteiger partial charge on any atom is 0.243 e. The van der Waals surface area contributed by atoms with E-state index in [2.05, 4.69) is 0 Å². The lowest BCUT2D eigenvalue weighted by atomic mass is 9.88. The molecule has 1 aromatic rings. The number of aliphatic hydroxyl groups excluding tert-OH is 1. The summed E-state index contributed by atoms with van der Waals surface area (Å²) in [5.74, 6) is 0. The number of halogens is 1. The van der Waals surface area contributed by atoms with E-state index in [1.807, 2.05) is 20.8 Å². The predicted molar refractivity (Wildman–Crippen MR) is 90.8 cm³/mol. The van der Waals surface area contributed by atoms with Crippen molar-refractivity contribution in [2.24, 2.45) is 5.41 Å². The number of aliphatic hydroxyl groups is 1. The van der Waals surface area contributed by atoms with Crippen LogP contribution in [0.5, 0.6) is 0 Å². The van der Waals surface area contributed by atoms with Gasteiger partial charge < -0.3 is 5.11 Å². The number of aryl methyl sites for hydroxylation is 2. The third-order valence-corrected chi connectivity index (χ3v) is 6.07. The van der Waals surface area contributed by atoms with E-state index in [9.17, 15) is 13.5 Å². The van der Waals surface area contributed by atoms with E-state index in [1.165, 1.54) is 11.4 Å². The molecule has 0 aliphatic heterocycles. The Bertz CT molecular complexity index is 612. The summed E-state index contributed by atoms with van der Waals surface area (Å²) < 4.78 is 27.2. The van der Waals surface area contributed by atoms with Crippen molar-refractivity contribution in [2.45, 2.75) is 52.0 Å². The van der Waals surface area contributed by atoms with Gasteiger partial charge in [-0.2, -0.15) is 4.31 Å². The minimum Gasteiger partial charge on any atom is -0.395 e. The second kappa shape index (κ2) is 6.87. The van der Waals surface area contributed by atoms with Crippen LogP contribution in [-0.2, 0) is 10.0 Å². The topological polar surface area (TPSA) is 57.6 Å². The number of benzene rings is 1. The summed E-state index contributed by atoms with van der Waals surface area (Å²) in [7, 11) is -2.16. The van der Waals surface area contributed by atoms with Crippen LogP contribution in [0.2, 0.25) is 5.02 Å². The third-order valence-electron chi connectivity index (χ3n) is 3.64. The first-order valence-corrected chi connectivity index (χ1v) is 9.07. The Morgan fingerprint density at radius 1 is 1.23 bits per heavy atom. The molecular weight excluding hydrogens is 322 g/mol. The van der Waals surface area contributed by atoms with Crippen LogP contribution in [-0.4, -0.2) is 37.5 Å². The monoisotopic (exact) mass is 347 g/mol. The Hall–Kier alpha value is -0.620. The minimum atomic E-state index is -3.69. The van der Waals surface area contributed by atoms with Crippen molar-refractivity contribution in [1.29, 1.82) is 0 Å². The van der Waals surface area contributed by atoms with E-state index in [0.717, 1.165) is 0 Å². The molecule has 0 aliphatic carbocycles. The van der Waals surface area contributed by atoms with Gasteiger partial charge >= 0.3 is 0 Å². The van der Waals surface area contributed by atoms with Gasteiger partial charge in [-0.25, -0.2) is 8.42 Å². The average Bonchev–Trinajstić information content (AvgIpc) is 2.32. The number of hydrogen-bond acceptors (Lipinski definition) is 3. The largest absolute Gasteiger partial charge is 0.395 e. The van der Waals surface area contributed by atoms with Crippen molar-refractivity contribution in [3.05, 3.63) is 28.3 Å². The van der Waals surface area contributed by atoms with Crippen LogP contribution in [0.1, 0.15) is 38.3 Å². The molecule has 0 bridgehead atoms. The second-order valence-electron chi connectivity index (χ2n) is 6.99. The smallest absolute Gasteiger partial charge is 0.243 e. The molecule has 0 saturated heterocycles. The molecule has 0 heterocycles. The molecule has 6 heteroatoms. The summed E-state index contributed by atoms with van der Waals surface area (Å²) >= 11 is 5.98. The van der Waals surface area contributed by atoms with E-state index in [1.54, 1.807) is 26.0 Å². The standard InChI is InChI=1S/C16H26ClNO3S/c1-11-7-13(17)8-12(2)15(11)22(20,21)18(6)14(10-19)9-16(3,4)5/h7-8,14,19H,9-10H2,1-6H3. The molecule has 0 fully saturated rings. The average molecular weight is 348 g/mol. The van der Waals surface area contributed by atoms with Crippen molar-refractivity contribution < 1.29 is 13.5 Å². The lowest BCUT2D eigenvalue weighted by Crippen LogP contribution is -2.42. The summed E-state index contributed by atoms with van der Waals surface area (Å²) in [6.45, 7) is 9.33. The van der Waals surface area contributed by atoms with Crippen LogP contribution < -0.4 is 0 Å². The Morgan fingerprint density at radius 3 is 2.05 bits per heavy atom. The molecule has 22 heavy (non-hydrogen) atoms. The number of nitrogens with zero attached hydrogens (tertiary/aromatic N) is 1. The van der Waals surface area contributed by atoms with Crippen molar-refractivity contribution >= 4 is 21.6 Å².